The minimum atomic E-state index is -0.260. The molecule has 1 saturated heterocycles. The molecule has 8 heteroatoms. The molecule has 0 saturated carbocycles. The molecule has 3 N–H and O–H groups in total. The average Bonchev–Trinajstić information content (AvgIpc) is 3.07. The maximum atomic E-state index is 12.7. The molecule has 1 atom stereocenters. The lowest BCUT2D eigenvalue weighted by Gasteiger charge is -2.38. The first-order valence-electron chi connectivity index (χ1n) is 9.27. The van der Waals surface area contributed by atoms with E-state index in [2.05, 4.69) is 31.2 Å². The van der Waals surface area contributed by atoms with E-state index in [1.165, 1.54) is 0 Å². The second kappa shape index (κ2) is 7.69. The molecule has 1 aliphatic rings. The standard InChI is InChI=1S/C20H22ClN5O2/c1-13(19(27)22-15-5-6-17-18(12-15)24-20(28)23-17)25-7-9-26(10-8-25)16-4-2-3-14(21)11-16/h2-6,11-13H,7-10H2,1H3,(H,22,27)(H2,23,24,28). The summed E-state index contributed by atoms with van der Waals surface area (Å²) in [5.41, 5.74) is 2.90. The molecule has 0 spiro atoms. The molecule has 1 amide bonds. The highest BCUT2D eigenvalue weighted by atomic mass is 35.5. The van der Waals surface area contributed by atoms with Gasteiger partial charge in [0.2, 0.25) is 5.91 Å². The van der Waals surface area contributed by atoms with Crippen molar-refractivity contribution in [2.75, 3.05) is 36.4 Å². The van der Waals surface area contributed by atoms with Crippen molar-refractivity contribution < 1.29 is 4.79 Å². The number of imidazole rings is 1. The molecule has 7 nitrogen and oxygen atoms in total. The van der Waals surface area contributed by atoms with Crippen molar-refractivity contribution in [3.8, 4) is 0 Å². The summed E-state index contributed by atoms with van der Waals surface area (Å²) in [7, 11) is 0. The molecule has 1 aromatic heterocycles. The Bertz CT molecular complexity index is 1050. The van der Waals surface area contributed by atoms with Crippen molar-refractivity contribution in [2.24, 2.45) is 0 Å². The number of nitrogens with zero attached hydrogens (tertiary/aromatic N) is 2. The van der Waals surface area contributed by atoms with Gasteiger partial charge < -0.3 is 20.2 Å². The highest BCUT2D eigenvalue weighted by Gasteiger charge is 2.26. The summed E-state index contributed by atoms with van der Waals surface area (Å²) in [4.78, 5) is 33.9. The summed E-state index contributed by atoms with van der Waals surface area (Å²) in [5.74, 6) is -0.0616. The number of amides is 1. The van der Waals surface area contributed by atoms with Crippen molar-refractivity contribution in [3.05, 3.63) is 58.0 Å². The van der Waals surface area contributed by atoms with Gasteiger partial charge in [-0.1, -0.05) is 17.7 Å². The van der Waals surface area contributed by atoms with Gasteiger partial charge in [0.1, 0.15) is 0 Å². The Morgan fingerprint density at radius 1 is 1.07 bits per heavy atom. The van der Waals surface area contributed by atoms with Crippen LogP contribution in [-0.4, -0.2) is 53.0 Å². The van der Waals surface area contributed by atoms with E-state index >= 15 is 0 Å². The highest BCUT2D eigenvalue weighted by molar-refractivity contribution is 6.30. The fourth-order valence-corrected chi connectivity index (χ4v) is 3.75. The number of aromatic nitrogens is 2. The SMILES string of the molecule is CC(C(=O)Nc1ccc2[nH]c(=O)[nH]c2c1)N1CCN(c2cccc(Cl)c2)CC1. The fraction of sp³-hybridized carbons (Fsp3) is 0.300. The number of aromatic amines is 2. The summed E-state index contributed by atoms with van der Waals surface area (Å²) in [6, 6.07) is 12.9. The van der Waals surface area contributed by atoms with E-state index in [4.69, 9.17) is 11.6 Å². The molecule has 0 aliphatic carbocycles. The number of hydrogen-bond donors (Lipinski definition) is 3. The third-order valence-corrected chi connectivity index (χ3v) is 5.43. The zero-order valence-corrected chi connectivity index (χ0v) is 16.3. The van der Waals surface area contributed by atoms with Crippen LogP contribution in [0.1, 0.15) is 6.92 Å². The third-order valence-electron chi connectivity index (χ3n) is 5.20. The molecule has 146 valence electrons. The van der Waals surface area contributed by atoms with Crippen LogP contribution in [0.3, 0.4) is 0 Å². The molecular weight excluding hydrogens is 378 g/mol. The topological polar surface area (TPSA) is 84.2 Å². The maximum absolute atomic E-state index is 12.7. The van der Waals surface area contributed by atoms with Gasteiger partial charge in [-0.05, 0) is 43.3 Å². The van der Waals surface area contributed by atoms with E-state index in [0.29, 0.717) is 16.7 Å². The van der Waals surface area contributed by atoms with Gasteiger partial charge in [-0.2, -0.15) is 0 Å². The Morgan fingerprint density at radius 3 is 2.57 bits per heavy atom. The molecule has 1 aliphatic heterocycles. The van der Waals surface area contributed by atoms with Crippen LogP contribution in [0.2, 0.25) is 5.02 Å². The van der Waals surface area contributed by atoms with Crippen LogP contribution in [-0.2, 0) is 4.79 Å². The van der Waals surface area contributed by atoms with Gasteiger partial charge >= 0.3 is 5.69 Å². The number of H-pyrrole nitrogens is 2. The lowest BCUT2D eigenvalue weighted by molar-refractivity contribution is -0.120. The molecule has 1 unspecified atom stereocenters. The van der Waals surface area contributed by atoms with Crippen LogP contribution in [0, 0.1) is 0 Å². The molecule has 28 heavy (non-hydrogen) atoms. The quantitative estimate of drug-likeness (QED) is 0.629. The summed E-state index contributed by atoms with van der Waals surface area (Å²) in [6.45, 7) is 5.20. The van der Waals surface area contributed by atoms with Crippen LogP contribution >= 0.6 is 11.6 Å². The lowest BCUT2D eigenvalue weighted by Crippen LogP contribution is -2.52. The number of anilines is 2. The van der Waals surface area contributed by atoms with E-state index < -0.39 is 0 Å². The number of hydrogen-bond acceptors (Lipinski definition) is 4. The first-order chi connectivity index (χ1) is 13.5. The normalized spacial score (nSPS) is 16.3. The van der Waals surface area contributed by atoms with Crippen molar-refractivity contribution in [3.63, 3.8) is 0 Å². The van der Waals surface area contributed by atoms with Crippen molar-refractivity contribution in [1.29, 1.82) is 0 Å². The first-order valence-corrected chi connectivity index (χ1v) is 9.65. The van der Waals surface area contributed by atoms with E-state index in [-0.39, 0.29) is 17.6 Å². The Kier molecular flexibility index (Phi) is 5.11. The van der Waals surface area contributed by atoms with Crippen LogP contribution < -0.4 is 15.9 Å². The zero-order valence-electron chi connectivity index (χ0n) is 15.5. The molecule has 0 radical (unpaired) electrons. The van der Waals surface area contributed by atoms with Crippen molar-refractivity contribution >= 4 is 39.9 Å². The maximum Gasteiger partial charge on any atom is 0.323 e. The second-order valence-electron chi connectivity index (χ2n) is 7.01. The Hall–Kier alpha value is -2.77. The number of fused-ring (bicyclic) bond motifs is 1. The van der Waals surface area contributed by atoms with Gasteiger partial charge in [-0.15, -0.1) is 0 Å². The summed E-state index contributed by atoms with van der Waals surface area (Å²) >= 11 is 6.09. The summed E-state index contributed by atoms with van der Waals surface area (Å²) in [6.07, 6.45) is 0. The largest absolute Gasteiger partial charge is 0.369 e. The monoisotopic (exact) mass is 399 g/mol. The molecular formula is C20H22ClN5O2. The van der Waals surface area contributed by atoms with Gasteiger partial charge in [0.15, 0.2) is 0 Å². The number of benzene rings is 2. The van der Waals surface area contributed by atoms with Crippen molar-refractivity contribution in [2.45, 2.75) is 13.0 Å². The lowest BCUT2D eigenvalue weighted by atomic mass is 10.2. The second-order valence-corrected chi connectivity index (χ2v) is 7.44. The third kappa shape index (κ3) is 3.90. The molecule has 2 heterocycles. The van der Waals surface area contributed by atoms with Crippen LogP contribution in [0.25, 0.3) is 11.0 Å². The van der Waals surface area contributed by atoms with Crippen LogP contribution in [0.15, 0.2) is 47.3 Å². The number of carbonyl (C=O) groups excluding carboxylic acids is 1. The molecule has 2 aromatic carbocycles. The minimum Gasteiger partial charge on any atom is -0.369 e. The van der Waals surface area contributed by atoms with E-state index in [0.717, 1.165) is 36.9 Å². The Labute approximate surface area is 167 Å². The number of piperazine rings is 1. The predicted octanol–water partition coefficient (Wildman–Crippen LogP) is 2.66. The first kappa shape index (κ1) is 18.6. The van der Waals surface area contributed by atoms with Gasteiger partial charge in [-0.3, -0.25) is 9.69 Å². The summed E-state index contributed by atoms with van der Waals surface area (Å²) in [5, 5.41) is 3.67. The Balaban J connectivity index is 1.36. The van der Waals surface area contributed by atoms with Crippen LogP contribution in [0.4, 0.5) is 11.4 Å². The fourth-order valence-electron chi connectivity index (χ4n) is 3.56. The van der Waals surface area contributed by atoms with Gasteiger partial charge in [0, 0.05) is 42.6 Å². The number of rotatable bonds is 4. The van der Waals surface area contributed by atoms with Gasteiger partial charge in [-0.25, -0.2) is 4.79 Å². The van der Waals surface area contributed by atoms with Crippen molar-refractivity contribution in [1.82, 2.24) is 14.9 Å². The number of halogens is 1. The number of carbonyl (C=O) groups is 1. The average molecular weight is 400 g/mol. The Morgan fingerprint density at radius 2 is 1.82 bits per heavy atom. The highest BCUT2D eigenvalue weighted by Crippen LogP contribution is 2.22. The minimum absolute atomic E-state index is 0.0616. The number of nitrogens with one attached hydrogen (secondary N) is 3. The van der Waals surface area contributed by atoms with Gasteiger partial charge in [0.25, 0.3) is 0 Å². The van der Waals surface area contributed by atoms with Gasteiger partial charge in [0.05, 0.1) is 17.1 Å². The molecule has 3 aromatic rings. The summed E-state index contributed by atoms with van der Waals surface area (Å²) < 4.78 is 0. The predicted molar refractivity (Wildman–Crippen MR) is 112 cm³/mol. The van der Waals surface area contributed by atoms with Crippen LogP contribution in [0.5, 0.6) is 0 Å². The van der Waals surface area contributed by atoms with E-state index in [1.807, 2.05) is 25.1 Å². The van der Waals surface area contributed by atoms with E-state index in [9.17, 15) is 9.59 Å². The van der Waals surface area contributed by atoms with E-state index in [1.54, 1.807) is 18.2 Å². The molecule has 1 fully saturated rings. The zero-order chi connectivity index (χ0) is 19.7. The molecule has 4 rings (SSSR count). The molecule has 0 bridgehead atoms. The smallest absolute Gasteiger partial charge is 0.323 e.